The lowest BCUT2D eigenvalue weighted by atomic mass is 9.77. The van der Waals surface area contributed by atoms with Gasteiger partial charge < -0.3 is 29.2 Å². The largest absolute Gasteiger partial charge is 0.488 e. The number of ether oxygens (including phenoxy) is 4. The van der Waals surface area contributed by atoms with E-state index >= 15 is 0 Å². The fourth-order valence-electron chi connectivity index (χ4n) is 9.04. The summed E-state index contributed by atoms with van der Waals surface area (Å²) in [5, 5.41) is 23.2. The van der Waals surface area contributed by atoms with E-state index in [1.165, 1.54) is 0 Å². The lowest BCUT2D eigenvalue weighted by Gasteiger charge is -2.36. The van der Waals surface area contributed by atoms with E-state index in [1.807, 2.05) is 100 Å². The number of aliphatic hydroxyl groups excluding tert-OH is 2. The molecule has 0 spiro atoms. The smallest absolute Gasteiger partial charge is 0.342 e. The molecule has 2 fully saturated rings. The van der Waals surface area contributed by atoms with Crippen LogP contribution in [0, 0.1) is 30.6 Å². The molecule has 0 radical (unpaired) electrons. The van der Waals surface area contributed by atoms with Gasteiger partial charge in [0.1, 0.15) is 30.3 Å². The summed E-state index contributed by atoms with van der Waals surface area (Å²) in [6.45, 7) is 16.5. The number of benzene rings is 3. The Morgan fingerprint density at radius 3 is 2.05 bits per heavy atom. The third kappa shape index (κ3) is 9.93. The number of aryl methyl sites for hydroxylation is 2. The van der Waals surface area contributed by atoms with Crippen molar-refractivity contribution in [1.82, 2.24) is 0 Å². The number of rotatable bonds is 21. The molecule has 5 rings (SSSR count). The second kappa shape index (κ2) is 19.3. The average Bonchev–Trinajstić information content (AvgIpc) is 3.75. The number of carbonyl (C=O) groups is 2. The number of ketones is 1. The Labute approximate surface area is 335 Å². The molecule has 2 heterocycles. The molecule has 0 aromatic heterocycles. The lowest BCUT2D eigenvalue weighted by molar-refractivity contribution is -0.152. The standard InChI is InChI=1S/C48H66O8/c1-9-39(44-33(6)28-48(11-3,56-44)40(49)26-27-47(10-2)35(8)55-47)43(51)34(7)42(50)31(4)22-24-38-25-23-32(5)45(53-29-36-18-14-12-15-19-36)41(38)46(52)54-30-37-20-16-13-17-21-37/h12-21,23,25,31,33-35,39-40,42,44,49-50H,9-11,22,24,26-30H2,1-8H3/t31-,33+,34+,35-,39+,40-,42+,44+,47-,48+/m1/s1. The quantitative estimate of drug-likeness (QED) is 0.0814. The first kappa shape index (κ1) is 43.6. The Kier molecular flexibility index (Phi) is 15.0. The molecule has 0 unspecified atom stereocenters. The predicted octanol–water partition coefficient (Wildman–Crippen LogP) is 9.37. The molecule has 56 heavy (non-hydrogen) atoms. The molecule has 3 aromatic carbocycles. The van der Waals surface area contributed by atoms with Gasteiger partial charge in [-0.05, 0) is 99.3 Å². The highest BCUT2D eigenvalue weighted by atomic mass is 16.6. The van der Waals surface area contributed by atoms with Crippen LogP contribution >= 0.6 is 0 Å². The van der Waals surface area contributed by atoms with E-state index in [9.17, 15) is 19.8 Å². The van der Waals surface area contributed by atoms with Crippen molar-refractivity contribution in [3.63, 3.8) is 0 Å². The molecule has 0 aliphatic carbocycles. The van der Waals surface area contributed by atoms with Gasteiger partial charge in [0.2, 0.25) is 0 Å². The molecule has 0 bridgehead atoms. The van der Waals surface area contributed by atoms with Gasteiger partial charge in [-0.2, -0.15) is 0 Å². The number of aliphatic hydroxyl groups is 2. The van der Waals surface area contributed by atoms with Crippen molar-refractivity contribution in [3.8, 4) is 5.75 Å². The van der Waals surface area contributed by atoms with Gasteiger partial charge in [0, 0.05) is 11.8 Å². The topological polar surface area (TPSA) is 115 Å². The number of epoxide rings is 1. The Morgan fingerprint density at radius 1 is 0.857 bits per heavy atom. The highest BCUT2D eigenvalue weighted by molar-refractivity contribution is 5.95. The number of Topliss-reactive ketones (excluding diaryl/α,β-unsaturated/α-hetero) is 1. The zero-order chi connectivity index (χ0) is 40.6. The molecule has 0 amide bonds. The molecule has 0 saturated carbocycles. The minimum Gasteiger partial charge on any atom is -0.488 e. The Morgan fingerprint density at radius 2 is 1.48 bits per heavy atom. The summed E-state index contributed by atoms with van der Waals surface area (Å²) in [5.74, 6) is -1.16. The van der Waals surface area contributed by atoms with Crippen LogP contribution in [0.15, 0.2) is 72.8 Å². The summed E-state index contributed by atoms with van der Waals surface area (Å²) < 4.78 is 24.9. The molecule has 2 N–H and O–H groups in total. The van der Waals surface area contributed by atoms with Crippen molar-refractivity contribution in [1.29, 1.82) is 0 Å². The Hall–Kier alpha value is -3.56. The van der Waals surface area contributed by atoms with E-state index in [0.717, 1.165) is 35.1 Å². The zero-order valence-electron chi connectivity index (χ0n) is 35.0. The maximum atomic E-state index is 14.2. The summed E-state index contributed by atoms with van der Waals surface area (Å²) in [4.78, 5) is 28.1. The van der Waals surface area contributed by atoms with Crippen LogP contribution < -0.4 is 4.74 Å². The molecule has 8 heteroatoms. The minimum absolute atomic E-state index is 0.00709. The summed E-state index contributed by atoms with van der Waals surface area (Å²) in [7, 11) is 0. The normalized spacial score (nSPS) is 25.9. The number of carbonyl (C=O) groups excluding carboxylic acids is 2. The van der Waals surface area contributed by atoms with Gasteiger partial charge in [0.15, 0.2) is 0 Å². The van der Waals surface area contributed by atoms with Crippen LogP contribution in [0.25, 0.3) is 0 Å². The van der Waals surface area contributed by atoms with E-state index < -0.39 is 35.6 Å². The molecule has 306 valence electrons. The van der Waals surface area contributed by atoms with Crippen molar-refractivity contribution >= 4 is 11.8 Å². The monoisotopic (exact) mass is 770 g/mol. The van der Waals surface area contributed by atoms with Gasteiger partial charge in [-0.3, -0.25) is 4.79 Å². The number of hydrogen-bond donors (Lipinski definition) is 2. The molecule has 2 saturated heterocycles. The van der Waals surface area contributed by atoms with Crippen molar-refractivity contribution in [3.05, 3.63) is 101 Å². The van der Waals surface area contributed by atoms with Crippen LogP contribution in [0.4, 0.5) is 0 Å². The highest BCUT2D eigenvalue weighted by Gasteiger charge is 2.55. The average molecular weight is 771 g/mol. The van der Waals surface area contributed by atoms with Crippen LogP contribution in [0.1, 0.15) is 126 Å². The van der Waals surface area contributed by atoms with Gasteiger partial charge in [0.25, 0.3) is 0 Å². The van der Waals surface area contributed by atoms with E-state index in [0.29, 0.717) is 56.4 Å². The van der Waals surface area contributed by atoms with Crippen LogP contribution in [-0.2, 0) is 38.6 Å². The highest BCUT2D eigenvalue weighted by Crippen LogP contribution is 2.48. The van der Waals surface area contributed by atoms with Crippen molar-refractivity contribution in [2.75, 3.05) is 0 Å². The minimum atomic E-state index is -0.895. The SMILES string of the molecule is CC[C@@H](C(=O)[C@@H](C)[C@@H](O)[C@H](C)CCc1ccc(C)c(OCc2ccccc2)c1C(=O)OCc1ccccc1)[C@H]1O[C@](CC)([C@H](O)CC[C@@]2(CC)O[C@@H]2C)C[C@@H]1C. The van der Waals surface area contributed by atoms with Gasteiger partial charge in [0.05, 0.1) is 35.6 Å². The number of hydrogen-bond acceptors (Lipinski definition) is 8. The second-order valence-electron chi connectivity index (χ2n) is 16.7. The van der Waals surface area contributed by atoms with Gasteiger partial charge in [-0.15, -0.1) is 0 Å². The van der Waals surface area contributed by atoms with Crippen LogP contribution in [0.3, 0.4) is 0 Å². The molecule has 8 nitrogen and oxygen atoms in total. The van der Waals surface area contributed by atoms with Crippen LogP contribution in [0.2, 0.25) is 0 Å². The van der Waals surface area contributed by atoms with E-state index in [2.05, 4.69) is 27.7 Å². The summed E-state index contributed by atoms with van der Waals surface area (Å²) >= 11 is 0. The maximum Gasteiger partial charge on any atom is 0.342 e. The van der Waals surface area contributed by atoms with Crippen molar-refractivity contribution < 1.29 is 38.7 Å². The first-order valence-corrected chi connectivity index (χ1v) is 21.0. The Balaban J connectivity index is 1.26. The van der Waals surface area contributed by atoms with Gasteiger partial charge >= 0.3 is 5.97 Å². The summed E-state index contributed by atoms with van der Waals surface area (Å²) in [6.07, 6.45) is 3.58. The molecular formula is C48H66O8. The molecule has 2 aliphatic heterocycles. The first-order valence-electron chi connectivity index (χ1n) is 21.0. The third-order valence-electron chi connectivity index (χ3n) is 13.0. The maximum absolute atomic E-state index is 14.2. The molecular weight excluding hydrogens is 705 g/mol. The lowest BCUT2D eigenvalue weighted by Crippen LogP contribution is -2.45. The second-order valence-corrected chi connectivity index (χ2v) is 16.7. The predicted molar refractivity (Wildman–Crippen MR) is 219 cm³/mol. The fourth-order valence-corrected chi connectivity index (χ4v) is 9.04. The summed E-state index contributed by atoms with van der Waals surface area (Å²) in [5.41, 5.74) is 3.02. The molecule has 10 atom stereocenters. The van der Waals surface area contributed by atoms with Gasteiger partial charge in [-0.25, -0.2) is 4.79 Å². The van der Waals surface area contributed by atoms with E-state index in [-0.39, 0.29) is 42.0 Å². The molecule has 2 aliphatic rings. The first-order chi connectivity index (χ1) is 26.8. The third-order valence-corrected chi connectivity index (χ3v) is 13.0. The van der Waals surface area contributed by atoms with Crippen molar-refractivity contribution in [2.24, 2.45) is 23.7 Å². The summed E-state index contributed by atoms with van der Waals surface area (Å²) in [6, 6.07) is 23.3. The van der Waals surface area contributed by atoms with Crippen molar-refractivity contribution in [2.45, 2.75) is 156 Å². The fraction of sp³-hybridized carbons (Fsp3) is 0.583. The van der Waals surface area contributed by atoms with Crippen LogP contribution in [-0.4, -0.2) is 57.6 Å². The zero-order valence-corrected chi connectivity index (χ0v) is 35.0. The van der Waals surface area contributed by atoms with Gasteiger partial charge in [-0.1, -0.05) is 114 Å². The van der Waals surface area contributed by atoms with E-state index in [1.54, 1.807) is 0 Å². The van der Waals surface area contributed by atoms with Crippen LogP contribution in [0.5, 0.6) is 5.75 Å². The van der Waals surface area contributed by atoms with E-state index in [4.69, 9.17) is 18.9 Å². The number of esters is 1. The molecule has 3 aromatic rings. The Bertz CT molecular complexity index is 1720.